The fourth-order valence-electron chi connectivity index (χ4n) is 2.03. The lowest BCUT2D eigenvalue weighted by atomic mass is 9.94. The molecule has 1 heterocycles. The predicted molar refractivity (Wildman–Crippen MR) is 74.2 cm³/mol. The maximum Gasteiger partial charge on any atom is 0.123 e. The highest BCUT2D eigenvalue weighted by Crippen LogP contribution is 2.26. The van der Waals surface area contributed by atoms with Crippen LogP contribution < -0.4 is 17.7 Å². The van der Waals surface area contributed by atoms with Crippen molar-refractivity contribution in [2.75, 3.05) is 0 Å². The van der Waals surface area contributed by atoms with Crippen LogP contribution >= 0.6 is 0 Å². The Kier molecular flexibility index (Phi) is 5.87. The van der Waals surface area contributed by atoms with E-state index in [2.05, 4.69) is 43.1 Å². The first-order chi connectivity index (χ1) is 8.74. The molecular weight excluding hydrogens is 258 g/mol. The molecule has 0 saturated carbocycles. The number of rotatable bonds is 6. The van der Waals surface area contributed by atoms with Crippen LogP contribution in [0.5, 0.6) is 0 Å². The summed E-state index contributed by atoms with van der Waals surface area (Å²) in [4.78, 5) is 0. The van der Waals surface area contributed by atoms with E-state index in [1.807, 2.05) is 24.3 Å². The largest absolute Gasteiger partial charge is 1.00 e. The van der Waals surface area contributed by atoms with E-state index in [4.69, 9.17) is 4.42 Å². The molecule has 0 fully saturated rings. The number of hydrogen-bond acceptors (Lipinski definition) is 2. The first kappa shape index (κ1) is 15.5. The van der Waals surface area contributed by atoms with Crippen LogP contribution in [-0.4, -0.2) is 0 Å². The number of halogens is 1. The molecule has 0 aliphatic rings. The highest BCUT2D eigenvalue weighted by Gasteiger charge is 2.27. The summed E-state index contributed by atoms with van der Waals surface area (Å²) in [5.74, 6) is 0.943. The molecular formula is C16H19ClNO-. The van der Waals surface area contributed by atoms with Crippen LogP contribution in [0.15, 0.2) is 65.8 Å². The molecule has 0 aliphatic heterocycles. The summed E-state index contributed by atoms with van der Waals surface area (Å²) >= 11 is 0. The standard InChI is InChI=1S/C16H19NO.ClH/c1-3-11-16(2,15-10-7-12-18-15)17-13-14-8-5-4-6-9-14;/h3-10,12,17H,1,11,13H2,2H3;1H/p-1. The molecule has 1 aromatic carbocycles. The third kappa shape index (κ3) is 3.98. The van der Waals surface area contributed by atoms with Gasteiger partial charge >= 0.3 is 0 Å². The summed E-state index contributed by atoms with van der Waals surface area (Å²) in [7, 11) is 0. The van der Waals surface area contributed by atoms with Gasteiger partial charge in [0.2, 0.25) is 0 Å². The predicted octanol–water partition coefficient (Wildman–Crippen LogP) is 0.865. The zero-order valence-electron chi connectivity index (χ0n) is 11.1. The van der Waals surface area contributed by atoms with E-state index < -0.39 is 0 Å². The maximum absolute atomic E-state index is 5.53. The van der Waals surface area contributed by atoms with E-state index in [0.717, 1.165) is 18.7 Å². The molecule has 1 unspecified atom stereocenters. The molecule has 0 aliphatic carbocycles. The summed E-state index contributed by atoms with van der Waals surface area (Å²) in [6.45, 7) is 6.78. The van der Waals surface area contributed by atoms with E-state index in [1.165, 1.54) is 5.56 Å². The Bertz CT molecular complexity index is 481. The van der Waals surface area contributed by atoms with E-state index in [-0.39, 0.29) is 17.9 Å². The van der Waals surface area contributed by atoms with Crippen LogP contribution in [0.4, 0.5) is 0 Å². The third-order valence-electron chi connectivity index (χ3n) is 3.14. The summed E-state index contributed by atoms with van der Waals surface area (Å²) in [6.07, 6.45) is 4.45. The zero-order valence-corrected chi connectivity index (χ0v) is 11.9. The topological polar surface area (TPSA) is 25.2 Å². The second kappa shape index (κ2) is 7.17. The van der Waals surface area contributed by atoms with Crippen molar-refractivity contribution in [3.63, 3.8) is 0 Å². The Balaban J connectivity index is 0.00000180. The van der Waals surface area contributed by atoms with Crippen LogP contribution in [0.25, 0.3) is 0 Å². The molecule has 0 radical (unpaired) electrons. The Labute approximate surface area is 120 Å². The molecule has 0 bridgehead atoms. The van der Waals surface area contributed by atoms with Crippen LogP contribution in [0.2, 0.25) is 0 Å². The molecule has 2 aromatic rings. The van der Waals surface area contributed by atoms with Gasteiger partial charge in [0.1, 0.15) is 5.76 Å². The van der Waals surface area contributed by atoms with Crippen molar-refractivity contribution in [2.45, 2.75) is 25.4 Å². The molecule has 0 amide bonds. The van der Waals surface area contributed by atoms with Gasteiger partial charge in [0.25, 0.3) is 0 Å². The quantitative estimate of drug-likeness (QED) is 0.792. The summed E-state index contributed by atoms with van der Waals surface area (Å²) in [5.41, 5.74) is 1.06. The average Bonchev–Trinajstić information content (AvgIpc) is 2.93. The Hall–Kier alpha value is -1.51. The smallest absolute Gasteiger partial charge is 0.123 e. The Morgan fingerprint density at radius 3 is 2.53 bits per heavy atom. The highest BCUT2D eigenvalue weighted by atomic mass is 35.5. The van der Waals surface area contributed by atoms with Crippen molar-refractivity contribution in [1.82, 2.24) is 5.32 Å². The lowest BCUT2D eigenvalue weighted by Gasteiger charge is -2.28. The van der Waals surface area contributed by atoms with E-state index in [1.54, 1.807) is 6.26 Å². The van der Waals surface area contributed by atoms with E-state index in [0.29, 0.717) is 0 Å². The minimum absolute atomic E-state index is 0. The number of nitrogens with one attached hydrogen (secondary N) is 1. The fraction of sp³-hybridized carbons (Fsp3) is 0.250. The van der Waals surface area contributed by atoms with Crippen LogP contribution in [0, 0.1) is 0 Å². The Morgan fingerprint density at radius 1 is 1.21 bits per heavy atom. The van der Waals surface area contributed by atoms with E-state index >= 15 is 0 Å². The molecule has 0 saturated heterocycles. The van der Waals surface area contributed by atoms with Crippen LogP contribution in [0.1, 0.15) is 24.7 Å². The first-order valence-corrected chi connectivity index (χ1v) is 6.18. The maximum atomic E-state index is 5.53. The number of benzene rings is 1. The van der Waals surface area contributed by atoms with Gasteiger partial charge in [-0.1, -0.05) is 36.4 Å². The van der Waals surface area contributed by atoms with Gasteiger partial charge in [0.05, 0.1) is 11.8 Å². The number of hydrogen-bond donors (Lipinski definition) is 1. The lowest BCUT2D eigenvalue weighted by molar-refractivity contribution is -0.00000428. The third-order valence-corrected chi connectivity index (χ3v) is 3.14. The second-order valence-corrected chi connectivity index (χ2v) is 4.64. The van der Waals surface area contributed by atoms with Gasteiger partial charge < -0.3 is 22.1 Å². The van der Waals surface area contributed by atoms with Gasteiger partial charge in [-0.3, -0.25) is 0 Å². The monoisotopic (exact) mass is 276 g/mol. The summed E-state index contributed by atoms with van der Waals surface area (Å²) in [6, 6.07) is 14.3. The normalized spacial score (nSPS) is 13.3. The summed E-state index contributed by atoms with van der Waals surface area (Å²) < 4.78 is 5.53. The van der Waals surface area contributed by atoms with Crippen molar-refractivity contribution in [1.29, 1.82) is 0 Å². The van der Waals surface area contributed by atoms with Crippen LogP contribution in [-0.2, 0) is 12.1 Å². The van der Waals surface area contributed by atoms with Crippen molar-refractivity contribution in [3.05, 3.63) is 72.7 Å². The molecule has 2 rings (SSSR count). The number of furan rings is 1. The minimum atomic E-state index is -0.207. The fourth-order valence-corrected chi connectivity index (χ4v) is 2.03. The van der Waals surface area contributed by atoms with Gasteiger partial charge in [0, 0.05) is 6.54 Å². The van der Waals surface area contributed by atoms with Crippen molar-refractivity contribution >= 4 is 0 Å². The Morgan fingerprint density at radius 2 is 1.95 bits per heavy atom. The minimum Gasteiger partial charge on any atom is -1.00 e. The first-order valence-electron chi connectivity index (χ1n) is 6.18. The van der Waals surface area contributed by atoms with Gasteiger partial charge in [-0.05, 0) is 31.0 Å². The van der Waals surface area contributed by atoms with Crippen molar-refractivity contribution < 1.29 is 16.8 Å². The molecule has 1 atom stereocenters. The molecule has 19 heavy (non-hydrogen) atoms. The average molecular weight is 277 g/mol. The van der Waals surface area contributed by atoms with Crippen molar-refractivity contribution in [3.8, 4) is 0 Å². The van der Waals surface area contributed by atoms with Gasteiger partial charge in [-0.25, -0.2) is 0 Å². The zero-order chi connectivity index (χ0) is 12.8. The lowest BCUT2D eigenvalue weighted by Crippen LogP contribution is -3.00. The highest BCUT2D eigenvalue weighted by molar-refractivity contribution is 5.17. The molecule has 0 spiro atoms. The molecule has 1 aromatic heterocycles. The van der Waals surface area contributed by atoms with Gasteiger partial charge in [0.15, 0.2) is 0 Å². The van der Waals surface area contributed by atoms with Gasteiger partial charge in [-0.15, -0.1) is 6.58 Å². The van der Waals surface area contributed by atoms with Crippen molar-refractivity contribution in [2.24, 2.45) is 0 Å². The van der Waals surface area contributed by atoms with Crippen LogP contribution in [0.3, 0.4) is 0 Å². The molecule has 3 heteroatoms. The summed E-state index contributed by atoms with van der Waals surface area (Å²) in [5, 5.41) is 3.55. The molecule has 1 N–H and O–H groups in total. The molecule has 102 valence electrons. The SMILES string of the molecule is C=CCC(C)(NCc1ccccc1)c1ccco1.[Cl-]. The van der Waals surface area contributed by atoms with E-state index in [9.17, 15) is 0 Å². The van der Waals surface area contributed by atoms with Gasteiger partial charge in [-0.2, -0.15) is 0 Å². The molecule has 2 nitrogen and oxygen atoms in total. The second-order valence-electron chi connectivity index (χ2n) is 4.64.